The van der Waals surface area contributed by atoms with E-state index >= 15 is 0 Å². The zero-order valence-electron chi connectivity index (χ0n) is 27.5. The monoisotopic (exact) mass is 640 g/mol. The number of aromatic nitrogens is 4. The molecule has 6 aromatic carbocycles. The molecule has 0 aliphatic heterocycles. The SMILES string of the molecule is Cc1c(-c2cccc(-c3c(-c4ccccc4)nc(-c4ccccc4)nc3-c3ccccc3)c2)nn2c(-c3ccccc3)cc3ccccc3c12. The van der Waals surface area contributed by atoms with Crippen molar-refractivity contribution >= 4 is 16.3 Å². The van der Waals surface area contributed by atoms with E-state index in [1.807, 2.05) is 30.3 Å². The summed E-state index contributed by atoms with van der Waals surface area (Å²) in [5.41, 5.74) is 13.3. The van der Waals surface area contributed by atoms with E-state index in [0.717, 1.165) is 72.8 Å². The van der Waals surface area contributed by atoms with E-state index < -0.39 is 0 Å². The van der Waals surface area contributed by atoms with Crippen LogP contribution < -0.4 is 0 Å². The van der Waals surface area contributed by atoms with Crippen LogP contribution in [0.1, 0.15) is 5.56 Å². The fourth-order valence-electron chi connectivity index (χ4n) is 7.00. The van der Waals surface area contributed by atoms with E-state index in [4.69, 9.17) is 15.1 Å². The molecule has 0 atom stereocenters. The predicted octanol–water partition coefficient (Wildman–Crippen LogP) is 11.6. The second-order valence-electron chi connectivity index (χ2n) is 12.5. The molecule has 3 aromatic heterocycles. The molecule has 0 saturated carbocycles. The Morgan fingerprint density at radius 1 is 0.420 bits per heavy atom. The number of hydrogen-bond acceptors (Lipinski definition) is 3. The molecule has 0 radical (unpaired) electrons. The lowest BCUT2D eigenvalue weighted by molar-refractivity contribution is 0.979. The van der Waals surface area contributed by atoms with Crippen molar-refractivity contribution in [1.82, 2.24) is 19.6 Å². The Morgan fingerprint density at radius 3 is 1.54 bits per heavy atom. The zero-order valence-corrected chi connectivity index (χ0v) is 27.5. The molecule has 0 spiro atoms. The highest BCUT2D eigenvalue weighted by Gasteiger charge is 2.22. The van der Waals surface area contributed by atoms with Crippen molar-refractivity contribution in [3.8, 4) is 67.5 Å². The first-order valence-electron chi connectivity index (χ1n) is 16.9. The average Bonchev–Trinajstić information content (AvgIpc) is 3.55. The van der Waals surface area contributed by atoms with Crippen LogP contribution in [0.25, 0.3) is 83.8 Å². The van der Waals surface area contributed by atoms with Crippen molar-refractivity contribution in [3.63, 3.8) is 0 Å². The van der Waals surface area contributed by atoms with Crippen LogP contribution in [0.15, 0.2) is 176 Å². The summed E-state index contributed by atoms with van der Waals surface area (Å²) in [5, 5.41) is 7.72. The second kappa shape index (κ2) is 12.4. The van der Waals surface area contributed by atoms with E-state index in [9.17, 15) is 0 Å². The van der Waals surface area contributed by atoms with Gasteiger partial charge in [0.05, 0.1) is 28.3 Å². The van der Waals surface area contributed by atoms with Crippen LogP contribution in [-0.2, 0) is 0 Å². The highest BCUT2D eigenvalue weighted by molar-refractivity contribution is 6.02. The summed E-state index contributed by atoms with van der Waals surface area (Å²) >= 11 is 0. The Kier molecular flexibility index (Phi) is 7.33. The van der Waals surface area contributed by atoms with Gasteiger partial charge in [-0.05, 0) is 30.0 Å². The molecule has 0 aliphatic carbocycles. The van der Waals surface area contributed by atoms with Gasteiger partial charge >= 0.3 is 0 Å². The molecule has 9 aromatic rings. The van der Waals surface area contributed by atoms with Crippen molar-refractivity contribution < 1.29 is 0 Å². The van der Waals surface area contributed by atoms with Crippen molar-refractivity contribution in [2.75, 3.05) is 0 Å². The molecule has 0 N–H and O–H groups in total. The molecule has 0 amide bonds. The molecular weight excluding hydrogens is 609 g/mol. The lowest BCUT2D eigenvalue weighted by atomic mass is 9.92. The van der Waals surface area contributed by atoms with E-state index in [0.29, 0.717) is 5.82 Å². The quantitative estimate of drug-likeness (QED) is 0.182. The predicted molar refractivity (Wildman–Crippen MR) is 206 cm³/mol. The van der Waals surface area contributed by atoms with Gasteiger partial charge in [-0.15, -0.1) is 0 Å². The van der Waals surface area contributed by atoms with Crippen molar-refractivity contribution in [2.24, 2.45) is 0 Å². The molecule has 0 aliphatic rings. The lowest BCUT2D eigenvalue weighted by Gasteiger charge is -2.17. The highest BCUT2D eigenvalue weighted by atomic mass is 15.2. The van der Waals surface area contributed by atoms with E-state index in [1.165, 1.54) is 10.8 Å². The summed E-state index contributed by atoms with van der Waals surface area (Å²) in [6.07, 6.45) is 0. The Hall–Kier alpha value is -6.65. The smallest absolute Gasteiger partial charge is 0.160 e. The van der Waals surface area contributed by atoms with Gasteiger partial charge in [-0.25, -0.2) is 14.5 Å². The van der Waals surface area contributed by atoms with Gasteiger partial charge in [0.1, 0.15) is 0 Å². The third-order valence-corrected chi connectivity index (χ3v) is 9.39. The standard InChI is InChI=1S/C46H32N4/c1-31-42(49-50-40(32-17-6-2-7-18-32)30-36-25-14-15-28-39(36)45(31)50)38-27-16-26-37(29-38)41-43(33-19-8-3-9-20-33)47-46(35-23-12-5-13-24-35)48-44(41)34-21-10-4-11-22-34/h2-30H,1H3. The topological polar surface area (TPSA) is 43.1 Å². The third-order valence-electron chi connectivity index (χ3n) is 9.39. The number of rotatable bonds is 6. The van der Waals surface area contributed by atoms with E-state index in [1.54, 1.807) is 0 Å². The van der Waals surface area contributed by atoms with Crippen molar-refractivity contribution in [3.05, 3.63) is 181 Å². The number of aryl methyl sites for hydroxylation is 1. The van der Waals surface area contributed by atoms with E-state index in [2.05, 4.69) is 157 Å². The van der Waals surface area contributed by atoms with Crippen LogP contribution >= 0.6 is 0 Å². The number of nitrogens with zero attached hydrogens (tertiary/aromatic N) is 4. The summed E-state index contributed by atoms with van der Waals surface area (Å²) in [7, 11) is 0. The van der Waals surface area contributed by atoms with Crippen molar-refractivity contribution in [2.45, 2.75) is 6.92 Å². The number of pyridine rings is 1. The second-order valence-corrected chi connectivity index (χ2v) is 12.5. The summed E-state index contributed by atoms with van der Waals surface area (Å²) in [6.45, 7) is 2.19. The summed E-state index contributed by atoms with van der Waals surface area (Å²) < 4.78 is 2.12. The van der Waals surface area contributed by atoms with Crippen LogP contribution in [0.4, 0.5) is 0 Å². The number of hydrogen-bond donors (Lipinski definition) is 0. The normalized spacial score (nSPS) is 11.3. The zero-order chi connectivity index (χ0) is 33.4. The van der Waals surface area contributed by atoms with Crippen LogP contribution in [0.2, 0.25) is 0 Å². The molecule has 236 valence electrons. The van der Waals surface area contributed by atoms with Gasteiger partial charge in [0.2, 0.25) is 0 Å². The lowest BCUT2D eigenvalue weighted by Crippen LogP contribution is -2.01. The maximum absolute atomic E-state index is 5.34. The average molecular weight is 641 g/mol. The van der Waals surface area contributed by atoms with Crippen LogP contribution in [-0.4, -0.2) is 19.6 Å². The van der Waals surface area contributed by atoms with Crippen LogP contribution in [0.5, 0.6) is 0 Å². The molecule has 9 rings (SSSR count). The molecule has 0 unspecified atom stereocenters. The summed E-state index contributed by atoms with van der Waals surface area (Å²) in [4.78, 5) is 10.6. The first kappa shape index (κ1) is 29.5. The van der Waals surface area contributed by atoms with Gasteiger partial charge < -0.3 is 0 Å². The first-order chi connectivity index (χ1) is 24.7. The Morgan fingerprint density at radius 2 is 0.920 bits per heavy atom. The van der Waals surface area contributed by atoms with Gasteiger partial charge in [0.15, 0.2) is 5.82 Å². The highest BCUT2D eigenvalue weighted by Crippen LogP contribution is 2.42. The van der Waals surface area contributed by atoms with E-state index in [-0.39, 0.29) is 0 Å². The van der Waals surface area contributed by atoms with Crippen LogP contribution in [0, 0.1) is 6.92 Å². The fourth-order valence-corrected chi connectivity index (χ4v) is 7.00. The first-order valence-corrected chi connectivity index (χ1v) is 16.9. The third kappa shape index (κ3) is 5.15. The minimum Gasteiger partial charge on any atom is -0.232 e. The van der Waals surface area contributed by atoms with Gasteiger partial charge in [-0.3, -0.25) is 0 Å². The van der Waals surface area contributed by atoms with Crippen molar-refractivity contribution in [1.29, 1.82) is 0 Å². The number of fused-ring (bicyclic) bond motifs is 3. The molecule has 4 nitrogen and oxygen atoms in total. The Bertz CT molecular complexity index is 2570. The van der Waals surface area contributed by atoms with Gasteiger partial charge in [0.25, 0.3) is 0 Å². The van der Waals surface area contributed by atoms with Crippen LogP contribution in [0.3, 0.4) is 0 Å². The molecule has 3 heterocycles. The molecule has 50 heavy (non-hydrogen) atoms. The minimum absolute atomic E-state index is 0.694. The largest absolute Gasteiger partial charge is 0.232 e. The fraction of sp³-hybridized carbons (Fsp3) is 0.0217. The van der Waals surface area contributed by atoms with Gasteiger partial charge in [0, 0.05) is 44.3 Å². The van der Waals surface area contributed by atoms with Gasteiger partial charge in [-0.1, -0.05) is 164 Å². The minimum atomic E-state index is 0.694. The number of benzene rings is 6. The summed E-state index contributed by atoms with van der Waals surface area (Å²) in [5.74, 6) is 0.694. The maximum Gasteiger partial charge on any atom is 0.160 e. The molecular formula is C46H32N4. The molecule has 4 heteroatoms. The Balaban J connectivity index is 1.30. The molecule has 0 saturated heterocycles. The molecule has 0 bridgehead atoms. The maximum atomic E-state index is 5.34. The summed E-state index contributed by atoms with van der Waals surface area (Å²) in [6, 6.07) is 61.1. The van der Waals surface area contributed by atoms with Gasteiger partial charge in [-0.2, -0.15) is 5.10 Å². The molecule has 0 fully saturated rings. The Labute approximate surface area is 291 Å².